The Labute approximate surface area is 181 Å². The van der Waals surface area contributed by atoms with Gasteiger partial charge in [0.15, 0.2) is 5.70 Å². The first-order valence-corrected chi connectivity index (χ1v) is 10.0. The van der Waals surface area contributed by atoms with Crippen LogP contribution in [0.1, 0.15) is 16.7 Å². The molecule has 1 heterocycles. The van der Waals surface area contributed by atoms with Gasteiger partial charge in [0.2, 0.25) is 5.90 Å². The summed E-state index contributed by atoms with van der Waals surface area (Å²) in [6.07, 6.45) is 1.67. The molecule has 0 bridgehead atoms. The van der Waals surface area contributed by atoms with Crippen LogP contribution in [0.5, 0.6) is 5.75 Å². The topological polar surface area (TPSA) is 47.9 Å². The van der Waals surface area contributed by atoms with E-state index in [1.165, 1.54) is 0 Å². The number of benzene rings is 3. The lowest BCUT2D eigenvalue weighted by molar-refractivity contribution is -0.129. The van der Waals surface area contributed by atoms with Crippen LogP contribution in [0.25, 0.3) is 6.08 Å². The molecule has 29 heavy (non-hydrogen) atoms. The second-order valence-corrected chi connectivity index (χ2v) is 7.65. The Hall–Kier alpha value is -2.89. The zero-order valence-corrected chi connectivity index (χ0v) is 17.5. The molecule has 0 radical (unpaired) electrons. The van der Waals surface area contributed by atoms with Crippen LogP contribution in [0.4, 0.5) is 0 Å². The predicted octanol–water partition coefficient (Wildman–Crippen LogP) is 6.03. The highest BCUT2D eigenvalue weighted by Crippen LogP contribution is 2.26. The van der Waals surface area contributed by atoms with Crippen molar-refractivity contribution < 1.29 is 14.3 Å². The normalized spacial score (nSPS) is 14.6. The number of carbonyl (C=O) groups excluding carboxylic acids is 1. The Morgan fingerprint density at radius 2 is 1.72 bits per heavy atom. The zero-order chi connectivity index (χ0) is 20.2. The minimum atomic E-state index is -0.502. The number of hydrogen-bond acceptors (Lipinski definition) is 4. The molecule has 0 spiro atoms. The number of rotatable bonds is 5. The number of ether oxygens (including phenoxy) is 2. The Balaban J connectivity index is 1.56. The molecule has 4 rings (SSSR count). The van der Waals surface area contributed by atoms with Crippen LogP contribution in [0.15, 0.2) is 88.0 Å². The van der Waals surface area contributed by atoms with Crippen LogP contribution in [-0.4, -0.2) is 11.9 Å². The summed E-state index contributed by atoms with van der Waals surface area (Å²) < 4.78 is 12.3. The molecule has 0 unspecified atom stereocenters. The Bertz CT molecular complexity index is 1110. The Morgan fingerprint density at radius 1 is 1.00 bits per heavy atom. The summed E-state index contributed by atoms with van der Waals surface area (Å²) >= 11 is 9.33. The number of cyclic esters (lactones) is 1. The van der Waals surface area contributed by atoms with Gasteiger partial charge in [-0.3, -0.25) is 0 Å². The van der Waals surface area contributed by atoms with E-state index in [-0.39, 0.29) is 11.6 Å². The highest BCUT2D eigenvalue weighted by atomic mass is 79.9. The third kappa shape index (κ3) is 4.75. The summed E-state index contributed by atoms with van der Waals surface area (Å²) in [5, 5.41) is 0.603. The second-order valence-electron chi connectivity index (χ2n) is 6.30. The van der Waals surface area contributed by atoms with Crippen molar-refractivity contribution in [2.24, 2.45) is 4.99 Å². The van der Waals surface area contributed by atoms with E-state index < -0.39 is 5.97 Å². The minimum absolute atomic E-state index is 0.217. The van der Waals surface area contributed by atoms with Gasteiger partial charge in [-0.2, -0.15) is 0 Å². The molecule has 0 atom stereocenters. The van der Waals surface area contributed by atoms with E-state index >= 15 is 0 Å². The van der Waals surface area contributed by atoms with Gasteiger partial charge in [0.25, 0.3) is 0 Å². The minimum Gasteiger partial charge on any atom is -0.488 e. The van der Waals surface area contributed by atoms with Crippen molar-refractivity contribution in [3.63, 3.8) is 0 Å². The van der Waals surface area contributed by atoms with Gasteiger partial charge in [0, 0.05) is 20.6 Å². The SMILES string of the molecule is O=C1OC(c2ccc(Cl)cc2)=N/C1=C/c1ccccc1OCc1ccc(Br)cc1. The molecule has 0 fully saturated rings. The van der Waals surface area contributed by atoms with Crippen molar-refractivity contribution in [3.8, 4) is 5.75 Å². The summed E-state index contributed by atoms with van der Waals surface area (Å²) in [4.78, 5) is 16.6. The summed E-state index contributed by atoms with van der Waals surface area (Å²) in [5.41, 5.74) is 2.69. The first-order valence-electron chi connectivity index (χ1n) is 8.83. The number of para-hydroxylation sites is 1. The van der Waals surface area contributed by atoms with Crippen molar-refractivity contribution in [3.05, 3.63) is 105 Å². The molecule has 0 saturated heterocycles. The van der Waals surface area contributed by atoms with E-state index in [9.17, 15) is 4.79 Å². The molecule has 3 aromatic rings. The van der Waals surface area contributed by atoms with Crippen molar-refractivity contribution in [1.82, 2.24) is 0 Å². The van der Waals surface area contributed by atoms with Gasteiger partial charge in [-0.1, -0.05) is 57.9 Å². The molecule has 0 N–H and O–H groups in total. The predicted molar refractivity (Wildman–Crippen MR) is 117 cm³/mol. The van der Waals surface area contributed by atoms with Crippen LogP contribution in [0.3, 0.4) is 0 Å². The van der Waals surface area contributed by atoms with Gasteiger partial charge in [-0.25, -0.2) is 9.79 Å². The van der Waals surface area contributed by atoms with Gasteiger partial charge in [-0.15, -0.1) is 0 Å². The lowest BCUT2D eigenvalue weighted by atomic mass is 10.1. The molecule has 144 valence electrons. The number of halogens is 2. The maximum atomic E-state index is 12.3. The molecule has 0 aliphatic carbocycles. The first-order chi connectivity index (χ1) is 14.1. The van der Waals surface area contributed by atoms with Crippen LogP contribution in [-0.2, 0) is 16.1 Å². The number of carbonyl (C=O) groups is 1. The quantitative estimate of drug-likeness (QED) is 0.339. The number of nitrogens with zero attached hydrogens (tertiary/aromatic N) is 1. The molecule has 1 aliphatic heterocycles. The Kier molecular flexibility index (Phi) is 5.79. The molecule has 4 nitrogen and oxygen atoms in total. The third-order valence-electron chi connectivity index (χ3n) is 4.23. The number of esters is 1. The summed E-state index contributed by atoms with van der Waals surface area (Å²) in [6, 6.07) is 22.4. The number of hydrogen-bond donors (Lipinski definition) is 0. The van der Waals surface area contributed by atoms with Crippen LogP contribution < -0.4 is 4.74 Å². The smallest absolute Gasteiger partial charge is 0.363 e. The van der Waals surface area contributed by atoms with E-state index in [1.54, 1.807) is 30.3 Å². The van der Waals surface area contributed by atoms with Crippen LogP contribution >= 0.6 is 27.5 Å². The first kappa shape index (κ1) is 19.4. The second kappa shape index (κ2) is 8.64. The molecule has 0 saturated carbocycles. The van der Waals surface area contributed by atoms with Gasteiger partial charge in [-0.05, 0) is 54.1 Å². The van der Waals surface area contributed by atoms with Gasteiger partial charge in [0.05, 0.1) is 0 Å². The summed E-state index contributed by atoms with van der Waals surface area (Å²) in [5.74, 6) is 0.412. The van der Waals surface area contributed by atoms with E-state index in [0.29, 0.717) is 22.9 Å². The average molecular weight is 469 g/mol. The molecule has 1 aliphatic rings. The molecular weight excluding hydrogens is 454 g/mol. The fraction of sp³-hybridized carbons (Fsp3) is 0.0435. The molecule has 0 amide bonds. The van der Waals surface area contributed by atoms with Gasteiger partial charge < -0.3 is 9.47 Å². The fourth-order valence-electron chi connectivity index (χ4n) is 2.75. The van der Waals surface area contributed by atoms with E-state index in [1.807, 2.05) is 48.5 Å². The van der Waals surface area contributed by atoms with Gasteiger partial charge >= 0.3 is 5.97 Å². The van der Waals surface area contributed by atoms with E-state index in [4.69, 9.17) is 21.1 Å². The Morgan fingerprint density at radius 3 is 2.48 bits per heavy atom. The maximum Gasteiger partial charge on any atom is 0.363 e. The third-order valence-corrected chi connectivity index (χ3v) is 5.01. The standard InChI is InChI=1S/C23H15BrClNO3/c24-18-9-5-15(6-10-18)14-28-21-4-2-1-3-17(21)13-20-23(27)29-22(26-20)16-7-11-19(25)12-8-16/h1-13H,14H2/b20-13+. The monoisotopic (exact) mass is 467 g/mol. The number of aliphatic imine (C=N–C) groups is 1. The largest absolute Gasteiger partial charge is 0.488 e. The summed E-state index contributed by atoms with van der Waals surface area (Å²) in [7, 11) is 0. The fourth-order valence-corrected chi connectivity index (χ4v) is 3.14. The highest BCUT2D eigenvalue weighted by molar-refractivity contribution is 9.10. The van der Waals surface area contributed by atoms with E-state index in [2.05, 4.69) is 20.9 Å². The van der Waals surface area contributed by atoms with E-state index in [0.717, 1.165) is 15.6 Å². The highest BCUT2D eigenvalue weighted by Gasteiger charge is 2.24. The van der Waals surface area contributed by atoms with Crippen LogP contribution in [0, 0.1) is 0 Å². The van der Waals surface area contributed by atoms with Crippen molar-refractivity contribution >= 4 is 45.5 Å². The maximum absolute atomic E-state index is 12.3. The lowest BCUT2D eigenvalue weighted by Gasteiger charge is -2.09. The van der Waals surface area contributed by atoms with Crippen molar-refractivity contribution in [1.29, 1.82) is 0 Å². The average Bonchev–Trinajstić information content (AvgIpc) is 3.09. The molecule has 6 heteroatoms. The van der Waals surface area contributed by atoms with Crippen LogP contribution in [0.2, 0.25) is 5.02 Å². The summed E-state index contributed by atoms with van der Waals surface area (Å²) in [6.45, 7) is 0.414. The van der Waals surface area contributed by atoms with Crippen molar-refractivity contribution in [2.75, 3.05) is 0 Å². The lowest BCUT2D eigenvalue weighted by Crippen LogP contribution is -2.05. The van der Waals surface area contributed by atoms with Gasteiger partial charge in [0.1, 0.15) is 12.4 Å². The molecular formula is C23H15BrClNO3. The molecule has 3 aromatic carbocycles. The van der Waals surface area contributed by atoms with Crippen molar-refractivity contribution in [2.45, 2.75) is 6.61 Å². The molecule has 0 aromatic heterocycles. The zero-order valence-electron chi connectivity index (χ0n) is 15.1.